The number of hydrogen-bond donors (Lipinski definition) is 1. The molecular formula is C12H25NOS. The van der Waals surface area contributed by atoms with Gasteiger partial charge in [-0.05, 0) is 43.2 Å². The Balaban J connectivity index is 1.73. The average molecular weight is 231 g/mol. The molecule has 3 heteroatoms. The fourth-order valence-corrected chi connectivity index (χ4v) is 3.21. The van der Waals surface area contributed by atoms with Gasteiger partial charge in [0.25, 0.3) is 0 Å². The van der Waals surface area contributed by atoms with E-state index in [0.717, 1.165) is 25.6 Å². The lowest BCUT2D eigenvalue weighted by molar-refractivity contribution is 0.199. The molecule has 0 bridgehead atoms. The first kappa shape index (κ1) is 13.3. The Morgan fingerprint density at radius 2 is 2.07 bits per heavy atom. The highest BCUT2D eigenvalue weighted by molar-refractivity contribution is 7.99. The van der Waals surface area contributed by atoms with Gasteiger partial charge >= 0.3 is 0 Å². The minimum Gasteiger partial charge on any atom is -0.383 e. The molecule has 90 valence electrons. The number of thioether (sulfide) groups is 1. The largest absolute Gasteiger partial charge is 0.383 e. The van der Waals surface area contributed by atoms with E-state index in [2.05, 4.69) is 17.1 Å². The highest BCUT2D eigenvalue weighted by Crippen LogP contribution is 2.27. The van der Waals surface area contributed by atoms with Crippen molar-refractivity contribution in [3.63, 3.8) is 0 Å². The van der Waals surface area contributed by atoms with Crippen molar-refractivity contribution in [3.8, 4) is 0 Å². The van der Waals surface area contributed by atoms with Crippen LogP contribution in [0.25, 0.3) is 0 Å². The fourth-order valence-electron chi connectivity index (χ4n) is 2.03. The van der Waals surface area contributed by atoms with E-state index in [1.54, 1.807) is 7.11 Å². The van der Waals surface area contributed by atoms with Crippen LogP contribution in [0.5, 0.6) is 0 Å². The summed E-state index contributed by atoms with van der Waals surface area (Å²) in [5.74, 6) is 3.76. The summed E-state index contributed by atoms with van der Waals surface area (Å²) in [6.07, 6.45) is 7.22. The third-order valence-electron chi connectivity index (χ3n) is 2.95. The van der Waals surface area contributed by atoms with Crippen LogP contribution in [0.3, 0.4) is 0 Å². The van der Waals surface area contributed by atoms with Crippen LogP contribution in [0.15, 0.2) is 0 Å². The van der Waals surface area contributed by atoms with Gasteiger partial charge in [-0.3, -0.25) is 0 Å². The fraction of sp³-hybridized carbons (Fsp3) is 1.00. The summed E-state index contributed by atoms with van der Waals surface area (Å²) in [5, 5.41) is 3.38. The molecule has 0 aliphatic heterocycles. The molecule has 2 nitrogen and oxygen atoms in total. The number of ether oxygens (including phenoxy) is 1. The Morgan fingerprint density at radius 1 is 1.27 bits per heavy atom. The van der Waals surface area contributed by atoms with E-state index in [1.807, 2.05) is 0 Å². The van der Waals surface area contributed by atoms with E-state index in [1.165, 1.54) is 43.6 Å². The van der Waals surface area contributed by atoms with Crippen LogP contribution >= 0.6 is 11.8 Å². The second kappa shape index (κ2) is 9.49. The van der Waals surface area contributed by atoms with Gasteiger partial charge in [-0.2, -0.15) is 11.8 Å². The van der Waals surface area contributed by atoms with E-state index in [4.69, 9.17) is 4.74 Å². The Labute approximate surface area is 98.5 Å². The first-order valence-corrected chi connectivity index (χ1v) is 7.36. The normalized spacial score (nSPS) is 17.4. The topological polar surface area (TPSA) is 21.3 Å². The molecule has 0 unspecified atom stereocenters. The zero-order valence-electron chi connectivity index (χ0n) is 9.96. The van der Waals surface area contributed by atoms with Crippen molar-refractivity contribution in [2.75, 3.05) is 38.3 Å². The van der Waals surface area contributed by atoms with Crippen molar-refractivity contribution in [2.45, 2.75) is 32.1 Å². The highest BCUT2D eigenvalue weighted by Gasteiger charge is 2.13. The number of methoxy groups -OCH3 is 1. The third kappa shape index (κ3) is 7.20. The smallest absolute Gasteiger partial charge is 0.0587 e. The number of hydrogen-bond acceptors (Lipinski definition) is 3. The molecule has 1 N–H and O–H groups in total. The molecule has 0 aromatic heterocycles. The van der Waals surface area contributed by atoms with Gasteiger partial charge in [0.1, 0.15) is 0 Å². The van der Waals surface area contributed by atoms with Crippen LogP contribution in [-0.4, -0.2) is 38.3 Å². The summed E-state index contributed by atoms with van der Waals surface area (Å²) < 4.78 is 4.97. The summed E-state index contributed by atoms with van der Waals surface area (Å²) in [6.45, 7) is 2.96. The van der Waals surface area contributed by atoms with E-state index >= 15 is 0 Å². The molecule has 0 saturated heterocycles. The maximum absolute atomic E-state index is 4.97. The second-order valence-electron chi connectivity index (χ2n) is 4.32. The van der Waals surface area contributed by atoms with Gasteiger partial charge in [0.15, 0.2) is 0 Å². The molecule has 1 rings (SSSR count). The number of nitrogens with one attached hydrogen (secondary N) is 1. The van der Waals surface area contributed by atoms with Crippen molar-refractivity contribution in [3.05, 3.63) is 0 Å². The van der Waals surface area contributed by atoms with Crippen LogP contribution < -0.4 is 5.32 Å². The highest BCUT2D eigenvalue weighted by atomic mass is 32.2. The van der Waals surface area contributed by atoms with Crippen LogP contribution in [0.4, 0.5) is 0 Å². The van der Waals surface area contributed by atoms with Gasteiger partial charge in [0.2, 0.25) is 0 Å². The minimum atomic E-state index is 0.829. The summed E-state index contributed by atoms with van der Waals surface area (Å²) >= 11 is 2.14. The predicted octanol–water partition coefficient (Wildman–Crippen LogP) is 2.54. The van der Waals surface area contributed by atoms with Crippen LogP contribution in [0.1, 0.15) is 32.1 Å². The summed E-state index contributed by atoms with van der Waals surface area (Å²) in [7, 11) is 1.75. The van der Waals surface area contributed by atoms with Gasteiger partial charge in [-0.15, -0.1) is 0 Å². The summed E-state index contributed by atoms with van der Waals surface area (Å²) in [4.78, 5) is 0. The van der Waals surface area contributed by atoms with E-state index in [9.17, 15) is 0 Å². The monoisotopic (exact) mass is 231 g/mol. The molecule has 0 aromatic carbocycles. The van der Waals surface area contributed by atoms with Gasteiger partial charge in [-0.25, -0.2) is 0 Å². The van der Waals surface area contributed by atoms with Crippen molar-refractivity contribution < 1.29 is 4.74 Å². The van der Waals surface area contributed by atoms with Crippen LogP contribution in [0.2, 0.25) is 0 Å². The molecule has 0 amide bonds. The van der Waals surface area contributed by atoms with E-state index in [0.29, 0.717) is 0 Å². The van der Waals surface area contributed by atoms with Crippen molar-refractivity contribution in [1.29, 1.82) is 0 Å². The van der Waals surface area contributed by atoms with Gasteiger partial charge in [0.05, 0.1) is 6.61 Å². The molecule has 15 heavy (non-hydrogen) atoms. The van der Waals surface area contributed by atoms with Crippen molar-refractivity contribution >= 4 is 11.8 Å². The maximum atomic E-state index is 4.97. The van der Waals surface area contributed by atoms with Crippen LogP contribution in [-0.2, 0) is 4.74 Å². The zero-order valence-corrected chi connectivity index (χ0v) is 10.8. The lowest BCUT2D eigenvalue weighted by atomic mass is 10.1. The molecule has 1 fully saturated rings. The second-order valence-corrected chi connectivity index (χ2v) is 5.47. The molecule has 1 saturated carbocycles. The lowest BCUT2D eigenvalue weighted by Gasteiger charge is -2.08. The number of rotatable bonds is 9. The molecule has 0 spiro atoms. The first-order valence-electron chi connectivity index (χ1n) is 6.21. The molecule has 0 heterocycles. The summed E-state index contributed by atoms with van der Waals surface area (Å²) in [5.41, 5.74) is 0. The van der Waals surface area contributed by atoms with Gasteiger partial charge < -0.3 is 10.1 Å². The maximum Gasteiger partial charge on any atom is 0.0587 e. The van der Waals surface area contributed by atoms with Gasteiger partial charge in [0, 0.05) is 13.7 Å². The Bertz CT molecular complexity index is 138. The Hall–Kier alpha value is 0.270. The standard InChI is InChI=1S/C12H25NOS/c1-14-9-8-13-7-4-10-15-11-12-5-2-3-6-12/h12-13H,2-11H2,1H3. The van der Waals surface area contributed by atoms with E-state index < -0.39 is 0 Å². The zero-order chi connectivity index (χ0) is 10.8. The van der Waals surface area contributed by atoms with Gasteiger partial charge in [-0.1, -0.05) is 12.8 Å². The quantitative estimate of drug-likeness (QED) is 0.616. The molecular weight excluding hydrogens is 206 g/mol. The van der Waals surface area contributed by atoms with Crippen molar-refractivity contribution in [2.24, 2.45) is 5.92 Å². The molecule has 1 aliphatic rings. The SMILES string of the molecule is COCCNCCCSCC1CCCC1. The summed E-state index contributed by atoms with van der Waals surface area (Å²) in [6, 6.07) is 0. The molecule has 0 aromatic rings. The third-order valence-corrected chi connectivity index (χ3v) is 4.24. The van der Waals surface area contributed by atoms with Crippen LogP contribution in [0, 0.1) is 5.92 Å². The lowest BCUT2D eigenvalue weighted by Crippen LogP contribution is -2.20. The molecule has 0 radical (unpaired) electrons. The Morgan fingerprint density at radius 3 is 2.80 bits per heavy atom. The Kier molecular flexibility index (Phi) is 8.44. The molecule has 1 aliphatic carbocycles. The minimum absolute atomic E-state index is 0.829. The molecule has 0 atom stereocenters. The predicted molar refractivity (Wildman–Crippen MR) is 68.6 cm³/mol. The van der Waals surface area contributed by atoms with E-state index in [-0.39, 0.29) is 0 Å². The first-order chi connectivity index (χ1) is 7.43. The van der Waals surface area contributed by atoms with Crippen molar-refractivity contribution in [1.82, 2.24) is 5.32 Å². The average Bonchev–Trinajstić information content (AvgIpc) is 2.75.